The first-order valence-electron chi connectivity index (χ1n) is 10.00. The number of hydrogen-bond donors (Lipinski definition) is 1. The molecule has 0 spiro atoms. The highest BCUT2D eigenvalue weighted by molar-refractivity contribution is 7.99. The molecule has 166 valence electrons. The molecule has 3 aromatic carbocycles. The van der Waals surface area contributed by atoms with E-state index in [2.05, 4.69) is 20.7 Å². The highest BCUT2D eigenvalue weighted by Gasteiger charge is 2.17. The lowest BCUT2D eigenvalue weighted by Crippen LogP contribution is -2.20. The van der Waals surface area contributed by atoms with E-state index in [1.165, 1.54) is 11.8 Å². The SMILES string of the molecule is COc1ccccc1/C=N\NC(=O)CSc1nnc(-c2ccc(Cl)cc2)n1-c1ccccc1. The second-order valence-corrected chi connectivity index (χ2v) is 8.19. The van der Waals surface area contributed by atoms with E-state index in [-0.39, 0.29) is 11.7 Å². The summed E-state index contributed by atoms with van der Waals surface area (Å²) in [5.41, 5.74) is 5.07. The van der Waals surface area contributed by atoms with Gasteiger partial charge < -0.3 is 4.74 Å². The minimum Gasteiger partial charge on any atom is -0.496 e. The minimum atomic E-state index is -0.262. The Morgan fingerprint density at radius 1 is 1.06 bits per heavy atom. The summed E-state index contributed by atoms with van der Waals surface area (Å²) in [5.74, 6) is 1.20. The highest BCUT2D eigenvalue weighted by atomic mass is 35.5. The van der Waals surface area contributed by atoms with E-state index in [4.69, 9.17) is 16.3 Å². The number of hydrazone groups is 1. The number of methoxy groups -OCH3 is 1. The van der Waals surface area contributed by atoms with Crippen LogP contribution in [0.4, 0.5) is 0 Å². The van der Waals surface area contributed by atoms with Crippen LogP contribution < -0.4 is 10.2 Å². The van der Waals surface area contributed by atoms with Crippen molar-refractivity contribution in [1.29, 1.82) is 0 Å². The summed E-state index contributed by atoms with van der Waals surface area (Å²) in [6, 6.07) is 24.6. The van der Waals surface area contributed by atoms with Crippen molar-refractivity contribution in [2.24, 2.45) is 5.10 Å². The molecule has 0 saturated carbocycles. The van der Waals surface area contributed by atoms with Gasteiger partial charge in [-0.05, 0) is 48.5 Å². The van der Waals surface area contributed by atoms with Gasteiger partial charge in [0.05, 0.1) is 19.1 Å². The van der Waals surface area contributed by atoms with Crippen molar-refractivity contribution < 1.29 is 9.53 Å². The molecule has 0 aliphatic heterocycles. The molecule has 0 fully saturated rings. The van der Waals surface area contributed by atoms with E-state index in [0.717, 1.165) is 16.8 Å². The van der Waals surface area contributed by atoms with Crippen LogP contribution >= 0.6 is 23.4 Å². The topological polar surface area (TPSA) is 81.4 Å². The second-order valence-electron chi connectivity index (χ2n) is 6.81. The van der Waals surface area contributed by atoms with E-state index in [1.807, 2.05) is 71.3 Å². The molecular formula is C24H20ClN5O2S. The maximum Gasteiger partial charge on any atom is 0.250 e. The number of nitrogens with one attached hydrogen (secondary N) is 1. The fourth-order valence-corrected chi connectivity index (χ4v) is 3.94. The summed E-state index contributed by atoms with van der Waals surface area (Å²) < 4.78 is 7.19. The van der Waals surface area contributed by atoms with Crippen LogP contribution in [0, 0.1) is 0 Å². The van der Waals surface area contributed by atoms with Crippen molar-refractivity contribution in [2.45, 2.75) is 5.16 Å². The Morgan fingerprint density at radius 2 is 1.79 bits per heavy atom. The molecule has 0 bridgehead atoms. The van der Waals surface area contributed by atoms with Gasteiger partial charge >= 0.3 is 0 Å². The number of halogens is 1. The van der Waals surface area contributed by atoms with Gasteiger partial charge in [-0.25, -0.2) is 5.43 Å². The molecule has 0 atom stereocenters. The summed E-state index contributed by atoms with van der Waals surface area (Å²) in [7, 11) is 1.59. The molecular weight excluding hydrogens is 458 g/mol. The third-order valence-electron chi connectivity index (χ3n) is 4.61. The van der Waals surface area contributed by atoms with Crippen LogP contribution in [0.25, 0.3) is 17.1 Å². The molecule has 1 N–H and O–H groups in total. The Morgan fingerprint density at radius 3 is 2.55 bits per heavy atom. The second kappa shape index (κ2) is 10.8. The average molecular weight is 478 g/mol. The van der Waals surface area contributed by atoms with E-state index < -0.39 is 0 Å². The van der Waals surface area contributed by atoms with Crippen LogP contribution in [0.3, 0.4) is 0 Å². The number of amides is 1. The zero-order chi connectivity index (χ0) is 23.0. The quantitative estimate of drug-likeness (QED) is 0.223. The molecule has 0 saturated heterocycles. The third kappa shape index (κ3) is 5.60. The molecule has 4 aromatic rings. The maximum absolute atomic E-state index is 12.4. The van der Waals surface area contributed by atoms with Gasteiger partial charge in [-0.2, -0.15) is 5.10 Å². The van der Waals surface area contributed by atoms with E-state index in [9.17, 15) is 4.79 Å². The van der Waals surface area contributed by atoms with Crippen LogP contribution in [0.1, 0.15) is 5.56 Å². The standard InChI is InChI=1S/C24H20ClN5O2S/c1-32-21-10-6-5-7-18(21)15-26-27-22(31)16-33-24-29-28-23(17-11-13-19(25)14-12-17)30(24)20-8-3-2-4-9-20/h2-15H,16H2,1H3,(H,27,31)/b26-15-. The fraction of sp³-hybridized carbons (Fsp3) is 0.0833. The lowest BCUT2D eigenvalue weighted by Gasteiger charge is -2.10. The highest BCUT2D eigenvalue weighted by Crippen LogP contribution is 2.28. The van der Waals surface area contributed by atoms with Crippen LogP contribution in [-0.2, 0) is 4.79 Å². The Hall–Kier alpha value is -3.62. The smallest absolute Gasteiger partial charge is 0.250 e. The van der Waals surface area contributed by atoms with Crippen molar-refractivity contribution in [3.63, 3.8) is 0 Å². The van der Waals surface area contributed by atoms with Gasteiger partial charge in [-0.3, -0.25) is 9.36 Å². The minimum absolute atomic E-state index is 0.120. The number of thioether (sulfide) groups is 1. The lowest BCUT2D eigenvalue weighted by molar-refractivity contribution is -0.118. The van der Waals surface area contributed by atoms with Crippen LogP contribution in [-0.4, -0.2) is 39.7 Å². The van der Waals surface area contributed by atoms with E-state index in [0.29, 0.717) is 21.8 Å². The summed E-state index contributed by atoms with van der Waals surface area (Å²) in [6.45, 7) is 0. The third-order valence-corrected chi connectivity index (χ3v) is 5.80. The number of para-hydroxylation sites is 2. The number of aromatic nitrogens is 3. The van der Waals surface area contributed by atoms with E-state index >= 15 is 0 Å². The molecule has 9 heteroatoms. The van der Waals surface area contributed by atoms with Gasteiger partial charge in [0.1, 0.15) is 5.75 Å². The number of rotatable bonds is 8. The van der Waals surface area contributed by atoms with Gasteiger partial charge in [-0.15, -0.1) is 10.2 Å². The first-order chi connectivity index (χ1) is 16.2. The zero-order valence-corrected chi connectivity index (χ0v) is 19.3. The zero-order valence-electron chi connectivity index (χ0n) is 17.7. The number of nitrogens with zero attached hydrogens (tertiary/aromatic N) is 4. The number of hydrogen-bond acceptors (Lipinski definition) is 6. The van der Waals surface area contributed by atoms with Gasteiger partial charge in [-0.1, -0.05) is 53.7 Å². The summed E-state index contributed by atoms with van der Waals surface area (Å²) in [5, 5.41) is 14.0. The van der Waals surface area contributed by atoms with Crippen LogP contribution in [0.5, 0.6) is 5.75 Å². The van der Waals surface area contributed by atoms with Crippen molar-refractivity contribution in [1.82, 2.24) is 20.2 Å². The van der Waals surface area contributed by atoms with Gasteiger partial charge in [0.25, 0.3) is 5.91 Å². The summed E-state index contributed by atoms with van der Waals surface area (Å²) in [6.07, 6.45) is 1.55. The summed E-state index contributed by atoms with van der Waals surface area (Å²) in [4.78, 5) is 12.4. The molecule has 7 nitrogen and oxygen atoms in total. The van der Waals surface area contributed by atoms with Gasteiger partial charge in [0, 0.05) is 21.8 Å². The molecule has 4 rings (SSSR count). The Balaban J connectivity index is 1.49. The van der Waals surface area contributed by atoms with E-state index in [1.54, 1.807) is 25.5 Å². The molecule has 0 unspecified atom stereocenters. The molecule has 0 radical (unpaired) electrons. The molecule has 33 heavy (non-hydrogen) atoms. The van der Waals surface area contributed by atoms with Crippen LogP contribution in [0.2, 0.25) is 5.02 Å². The Kier molecular flexibility index (Phi) is 7.39. The van der Waals surface area contributed by atoms with Crippen molar-refractivity contribution in [3.05, 3.63) is 89.4 Å². The molecule has 0 aliphatic carbocycles. The van der Waals surface area contributed by atoms with Crippen molar-refractivity contribution in [3.8, 4) is 22.8 Å². The largest absolute Gasteiger partial charge is 0.496 e. The Labute approximate surface area is 200 Å². The van der Waals surface area contributed by atoms with Crippen molar-refractivity contribution in [2.75, 3.05) is 12.9 Å². The first-order valence-corrected chi connectivity index (χ1v) is 11.4. The number of benzene rings is 3. The van der Waals surface area contributed by atoms with Crippen molar-refractivity contribution >= 4 is 35.5 Å². The maximum atomic E-state index is 12.4. The predicted molar refractivity (Wildman–Crippen MR) is 131 cm³/mol. The molecule has 0 aliphatic rings. The molecule has 1 aromatic heterocycles. The fourth-order valence-electron chi connectivity index (χ4n) is 3.07. The average Bonchev–Trinajstić information content (AvgIpc) is 3.28. The summed E-state index contributed by atoms with van der Waals surface area (Å²) >= 11 is 7.31. The lowest BCUT2D eigenvalue weighted by atomic mass is 10.2. The predicted octanol–water partition coefficient (Wildman–Crippen LogP) is 4.84. The number of ether oxygens (including phenoxy) is 1. The Bertz CT molecular complexity index is 1260. The normalized spacial score (nSPS) is 11.0. The van der Waals surface area contributed by atoms with Gasteiger partial charge in [0.2, 0.25) is 0 Å². The molecule has 1 amide bonds. The number of carbonyl (C=O) groups is 1. The number of carbonyl (C=O) groups excluding carboxylic acids is 1. The van der Waals surface area contributed by atoms with Gasteiger partial charge in [0.15, 0.2) is 11.0 Å². The van der Waals surface area contributed by atoms with Crippen LogP contribution in [0.15, 0.2) is 89.1 Å². The monoisotopic (exact) mass is 477 g/mol. The molecule has 1 heterocycles. The first kappa shape index (κ1) is 22.6.